The van der Waals surface area contributed by atoms with Gasteiger partial charge in [-0.3, -0.25) is 0 Å². The molecule has 1 aliphatic heterocycles. The fourth-order valence-electron chi connectivity index (χ4n) is 1.87. The Morgan fingerprint density at radius 3 is 1.28 bits per heavy atom. The molecule has 0 radical (unpaired) electrons. The number of hydrogen-bond acceptors (Lipinski definition) is 1. The van der Waals surface area contributed by atoms with Crippen LogP contribution in [0.25, 0.3) is 0 Å². The number of allylic oxidation sites excluding steroid dienone is 4. The van der Waals surface area contributed by atoms with E-state index in [1.807, 2.05) is 0 Å². The summed E-state index contributed by atoms with van der Waals surface area (Å²) in [5, 5.41) is 0. The molecule has 104 valence electrons. The van der Waals surface area contributed by atoms with E-state index < -0.39 is 0 Å². The predicted octanol–water partition coefficient (Wildman–Crippen LogP) is 5.54. The van der Waals surface area contributed by atoms with Gasteiger partial charge in [0, 0.05) is 16.7 Å². The maximum atomic E-state index is 6.16. The molecule has 0 saturated heterocycles. The maximum Gasteiger partial charge on any atom is 0.106 e. The maximum absolute atomic E-state index is 6.16. The molecule has 0 aromatic heterocycles. The van der Waals surface area contributed by atoms with Gasteiger partial charge in [-0.2, -0.15) is 0 Å². The fourth-order valence-corrected chi connectivity index (χ4v) is 1.87. The summed E-state index contributed by atoms with van der Waals surface area (Å²) < 4.78 is 6.16. The SMILES string of the molecule is CC(C)(C)C1=CC(C(C)(C)C)C=C(C(C)(C)C)O1. The predicted molar refractivity (Wildman–Crippen MR) is 79.1 cm³/mol. The Balaban J connectivity index is 3.19. The van der Waals surface area contributed by atoms with Crippen molar-refractivity contribution in [2.75, 3.05) is 0 Å². The molecule has 0 spiro atoms. The summed E-state index contributed by atoms with van der Waals surface area (Å²) in [5.41, 5.74) is 0.360. The van der Waals surface area contributed by atoms with Crippen molar-refractivity contribution in [2.24, 2.45) is 22.2 Å². The quantitative estimate of drug-likeness (QED) is 0.548. The monoisotopic (exact) mass is 250 g/mol. The first-order chi connectivity index (χ1) is 7.82. The zero-order valence-electron chi connectivity index (χ0n) is 13.6. The van der Waals surface area contributed by atoms with Crippen molar-refractivity contribution in [1.29, 1.82) is 0 Å². The molecule has 0 aromatic carbocycles. The molecule has 1 nitrogen and oxygen atoms in total. The van der Waals surface area contributed by atoms with Gasteiger partial charge >= 0.3 is 0 Å². The van der Waals surface area contributed by atoms with E-state index in [1.54, 1.807) is 0 Å². The molecular weight excluding hydrogens is 220 g/mol. The average molecular weight is 250 g/mol. The molecule has 1 heterocycles. The van der Waals surface area contributed by atoms with Crippen LogP contribution >= 0.6 is 0 Å². The van der Waals surface area contributed by atoms with Gasteiger partial charge in [0.05, 0.1) is 0 Å². The van der Waals surface area contributed by atoms with Crippen LogP contribution in [0.1, 0.15) is 62.3 Å². The van der Waals surface area contributed by atoms with Crippen LogP contribution in [-0.4, -0.2) is 0 Å². The lowest BCUT2D eigenvalue weighted by Crippen LogP contribution is -2.27. The molecule has 1 heteroatoms. The van der Waals surface area contributed by atoms with Gasteiger partial charge in [-0.1, -0.05) is 62.3 Å². The van der Waals surface area contributed by atoms with Gasteiger partial charge in [0.15, 0.2) is 0 Å². The second-order valence-electron chi connectivity index (χ2n) is 8.56. The van der Waals surface area contributed by atoms with Gasteiger partial charge in [0.25, 0.3) is 0 Å². The standard InChI is InChI=1S/C17H30O/c1-15(2,3)12-10-13(16(4,5)6)18-14(11-12)17(7,8)9/h10-12H,1-9H3. The Morgan fingerprint density at radius 2 is 1.06 bits per heavy atom. The Hall–Kier alpha value is -0.720. The number of ether oxygens (including phenoxy) is 1. The molecule has 0 amide bonds. The highest BCUT2D eigenvalue weighted by Crippen LogP contribution is 2.43. The van der Waals surface area contributed by atoms with Crippen molar-refractivity contribution in [3.05, 3.63) is 23.7 Å². The van der Waals surface area contributed by atoms with E-state index in [-0.39, 0.29) is 16.2 Å². The Bertz CT molecular complexity index is 334. The first kappa shape index (κ1) is 15.3. The molecule has 0 unspecified atom stereocenters. The first-order valence-electron chi connectivity index (χ1n) is 6.94. The smallest absolute Gasteiger partial charge is 0.106 e. The number of rotatable bonds is 0. The second kappa shape index (κ2) is 4.43. The van der Waals surface area contributed by atoms with Crippen molar-refractivity contribution in [2.45, 2.75) is 62.3 Å². The van der Waals surface area contributed by atoms with Crippen molar-refractivity contribution >= 4 is 0 Å². The fraction of sp³-hybridized carbons (Fsp3) is 0.765. The van der Waals surface area contributed by atoms with E-state index in [0.29, 0.717) is 5.92 Å². The zero-order valence-corrected chi connectivity index (χ0v) is 13.6. The molecule has 1 rings (SSSR count). The molecule has 0 aromatic rings. The lowest BCUT2D eigenvalue weighted by Gasteiger charge is -2.37. The minimum absolute atomic E-state index is 0.0637. The topological polar surface area (TPSA) is 9.23 Å². The highest BCUT2D eigenvalue weighted by atomic mass is 16.5. The Kier molecular flexibility index (Phi) is 3.78. The zero-order chi connectivity index (χ0) is 14.4. The van der Waals surface area contributed by atoms with Crippen molar-refractivity contribution in [3.63, 3.8) is 0 Å². The van der Waals surface area contributed by atoms with E-state index in [0.717, 1.165) is 11.5 Å². The van der Waals surface area contributed by atoms with Crippen LogP contribution in [-0.2, 0) is 4.74 Å². The highest BCUT2D eigenvalue weighted by Gasteiger charge is 2.33. The van der Waals surface area contributed by atoms with E-state index >= 15 is 0 Å². The minimum atomic E-state index is 0.0637. The van der Waals surface area contributed by atoms with Crippen molar-refractivity contribution in [1.82, 2.24) is 0 Å². The molecule has 0 atom stereocenters. The largest absolute Gasteiger partial charge is 0.466 e. The summed E-state index contributed by atoms with van der Waals surface area (Å²) in [6.45, 7) is 20.1. The van der Waals surface area contributed by atoms with Crippen LogP contribution < -0.4 is 0 Å². The molecule has 18 heavy (non-hydrogen) atoms. The summed E-state index contributed by atoms with van der Waals surface area (Å²) in [6.07, 6.45) is 4.60. The Labute approximate surface area is 113 Å². The normalized spacial score (nSPS) is 19.2. The van der Waals surface area contributed by atoms with Gasteiger partial charge in [-0.15, -0.1) is 0 Å². The van der Waals surface area contributed by atoms with Gasteiger partial charge in [0.2, 0.25) is 0 Å². The molecule has 0 bridgehead atoms. The Morgan fingerprint density at radius 1 is 0.722 bits per heavy atom. The second-order valence-corrected chi connectivity index (χ2v) is 8.56. The average Bonchev–Trinajstić information content (AvgIpc) is 2.13. The van der Waals surface area contributed by atoms with Gasteiger partial charge < -0.3 is 4.74 Å². The minimum Gasteiger partial charge on any atom is -0.466 e. The van der Waals surface area contributed by atoms with Crippen LogP contribution in [0.15, 0.2) is 23.7 Å². The molecule has 1 aliphatic rings. The lowest BCUT2D eigenvalue weighted by atomic mass is 9.75. The van der Waals surface area contributed by atoms with Crippen LogP contribution in [0, 0.1) is 22.2 Å². The van der Waals surface area contributed by atoms with E-state index in [1.165, 1.54) is 0 Å². The summed E-state index contributed by atoms with van der Waals surface area (Å²) in [5.74, 6) is 2.65. The van der Waals surface area contributed by atoms with E-state index in [4.69, 9.17) is 4.74 Å². The van der Waals surface area contributed by atoms with Crippen LogP contribution in [0.2, 0.25) is 0 Å². The third-order valence-corrected chi connectivity index (χ3v) is 3.36. The third-order valence-electron chi connectivity index (χ3n) is 3.36. The first-order valence-corrected chi connectivity index (χ1v) is 6.94. The molecule has 0 fully saturated rings. The molecular formula is C17H30O. The summed E-state index contributed by atoms with van der Waals surface area (Å²) in [4.78, 5) is 0. The van der Waals surface area contributed by atoms with Gasteiger partial charge in [-0.05, 0) is 17.6 Å². The van der Waals surface area contributed by atoms with Gasteiger partial charge in [0.1, 0.15) is 11.5 Å². The van der Waals surface area contributed by atoms with E-state index in [2.05, 4.69) is 74.5 Å². The van der Waals surface area contributed by atoms with Crippen LogP contribution in [0.3, 0.4) is 0 Å². The highest BCUT2D eigenvalue weighted by molar-refractivity contribution is 5.23. The molecule has 0 N–H and O–H groups in total. The van der Waals surface area contributed by atoms with Crippen molar-refractivity contribution in [3.8, 4) is 0 Å². The summed E-state index contributed by atoms with van der Waals surface area (Å²) >= 11 is 0. The third kappa shape index (κ3) is 3.63. The lowest BCUT2D eigenvalue weighted by molar-refractivity contribution is 0.143. The van der Waals surface area contributed by atoms with Gasteiger partial charge in [-0.25, -0.2) is 0 Å². The number of hydrogen-bond donors (Lipinski definition) is 0. The summed E-state index contributed by atoms with van der Waals surface area (Å²) in [7, 11) is 0. The van der Waals surface area contributed by atoms with Crippen LogP contribution in [0.4, 0.5) is 0 Å². The van der Waals surface area contributed by atoms with E-state index in [9.17, 15) is 0 Å². The van der Waals surface area contributed by atoms with Crippen molar-refractivity contribution < 1.29 is 4.74 Å². The van der Waals surface area contributed by atoms with Crippen LogP contribution in [0.5, 0.6) is 0 Å². The molecule has 0 aliphatic carbocycles. The summed E-state index contributed by atoms with van der Waals surface area (Å²) in [6, 6.07) is 0. The molecule has 0 saturated carbocycles.